The van der Waals surface area contributed by atoms with Gasteiger partial charge in [-0.1, -0.05) is 0 Å². The molecule has 4 amide bonds. The van der Waals surface area contributed by atoms with E-state index in [9.17, 15) is 14.4 Å². The van der Waals surface area contributed by atoms with E-state index < -0.39 is 29.3 Å². The molecule has 4 rings (SSSR count). The largest absolute Gasteiger partial charge is 0.492 e. The number of likely N-dealkylation sites (N-methyl/N-ethyl adjacent to an activating group) is 1. The van der Waals surface area contributed by atoms with Crippen LogP contribution in [0.25, 0.3) is 0 Å². The Morgan fingerprint density at radius 1 is 1.33 bits per heavy atom. The van der Waals surface area contributed by atoms with E-state index in [1.807, 2.05) is 6.07 Å². The minimum atomic E-state index is -1.43. The van der Waals surface area contributed by atoms with Crippen molar-refractivity contribution < 1.29 is 28.6 Å². The zero-order chi connectivity index (χ0) is 19.5. The maximum atomic E-state index is 13.2. The number of benzene rings is 1. The number of hydrogen-bond acceptors (Lipinski definition) is 6. The highest BCUT2D eigenvalue weighted by atomic mass is 16.7. The zero-order valence-corrected chi connectivity index (χ0v) is 15.6. The summed E-state index contributed by atoms with van der Waals surface area (Å²) in [5, 5.41) is 2.61. The molecule has 27 heavy (non-hydrogen) atoms. The summed E-state index contributed by atoms with van der Waals surface area (Å²) in [5.41, 5.74) is 0.170. The number of methoxy groups -OCH3 is 1. The van der Waals surface area contributed by atoms with Gasteiger partial charge in [-0.05, 0) is 18.1 Å². The fourth-order valence-electron chi connectivity index (χ4n) is 4.47. The topological polar surface area (TPSA) is 97.4 Å². The molecule has 0 aromatic heterocycles. The van der Waals surface area contributed by atoms with Crippen molar-refractivity contribution in [3.8, 4) is 17.2 Å². The van der Waals surface area contributed by atoms with Gasteiger partial charge in [0.2, 0.25) is 24.4 Å². The van der Waals surface area contributed by atoms with Crippen LogP contribution in [0.2, 0.25) is 0 Å². The molecule has 0 radical (unpaired) electrons. The number of urea groups is 1. The predicted molar refractivity (Wildman–Crippen MR) is 92.7 cm³/mol. The number of imide groups is 1. The van der Waals surface area contributed by atoms with E-state index in [0.29, 0.717) is 23.7 Å². The maximum Gasteiger partial charge on any atom is 0.326 e. The van der Waals surface area contributed by atoms with Gasteiger partial charge in [0.05, 0.1) is 13.2 Å². The molecule has 0 saturated carbocycles. The Hall–Kier alpha value is -2.97. The number of nitrogens with zero attached hydrogens (tertiary/aromatic N) is 2. The Morgan fingerprint density at radius 2 is 2.07 bits per heavy atom. The van der Waals surface area contributed by atoms with Gasteiger partial charge in [-0.3, -0.25) is 14.5 Å². The van der Waals surface area contributed by atoms with E-state index in [-0.39, 0.29) is 13.2 Å². The van der Waals surface area contributed by atoms with Crippen LogP contribution in [0.3, 0.4) is 0 Å². The molecule has 0 unspecified atom stereocenters. The molecule has 9 nitrogen and oxygen atoms in total. The standard InChI is InChI=1S/C18H21N3O6/c1-19-15(22)18-7-10-9(5-11-14(13(10)25-4)27-8-26-11)6-12(18)20(2)17(24)21(3)16(18)23/h5,12H,6-8H2,1-4H3,(H,19,22)/t12-,18-/m0/s1. The minimum Gasteiger partial charge on any atom is -0.492 e. The van der Waals surface area contributed by atoms with Crippen molar-refractivity contribution in [2.24, 2.45) is 5.41 Å². The second-order valence-corrected chi connectivity index (χ2v) is 6.99. The van der Waals surface area contributed by atoms with E-state index in [4.69, 9.17) is 14.2 Å². The quantitative estimate of drug-likeness (QED) is 0.739. The van der Waals surface area contributed by atoms with Gasteiger partial charge < -0.3 is 24.4 Å². The molecule has 2 atom stereocenters. The molecule has 0 spiro atoms. The van der Waals surface area contributed by atoms with Crippen molar-refractivity contribution in [2.45, 2.75) is 18.9 Å². The number of carbonyl (C=O) groups excluding carboxylic acids is 3. The van der Waals surface area contributed by atoms with Gasteiger partial charge in [-0.15, -0.1) is 0 Å². The number of nitrogens with one attached hydrogen (secondary N) is 1. The van der Waals surface area contributed by atoms with E-state index in [1.165, 1.54) is 26.1 Å². The van der Waals surface area contributed by atoms with Gasteiger partial charge in [0.25, 0.3) is 0 Å². The van der Waals surface area contributed by atoms with Gasteiger partial charge in [0.1, 0.15) is 0 Å². The summed E-state index contributed by atoms with van der Waals surface area (Å²) in [7, 11) is 6.02. The molecular formula is C18H21N3O6. The minimum absolute atomic E-state index is 0.0820. The molecule has 2 heterocycles. The van der Waals surface area contributed by atoms with Crippen LogP contribution in [-0.2, 0) is 22.4 Å². The summed E-state index contributed by atoms with van der Waals surface area (Å²) in [6.07, 6.45) is 0.435. The van der Waals surface area contributed by atoms with Crippen LogP contribution >= 0.6 is 0 Å². The van der Waals surface area contributed by atoms with Crippen molar-refractivity contribution >= 4 is 17.8 Å². The number of carbonyl (C=O) groups is 3. The third-order valence-corrected chi connectivity index (χ3v) is 5.83. The Kier molecular flexibility index (Phi) is 3.72. The third-order valence-electron chi connectivity index (χ3n) is 5.83. The van der Waals surface area contributed by atoms with Gasteiger partial charge in [-0.2, -0.15) is 0 Å². The molecule has 1 saturated heterocycles. The second kappa shape index (κ2) is 5.77. The molecule has 2 aliphatic heterocycles. The average Bonchev–Trinajstić information content (AvgIpc) is 3.15. The second-order valence-electron chi connectivity index (χ2n) is 6.99. The highest BCUT2D eigenvalue weighted by Crippen LogP contribution is 2.51. The first kappa shape index (κ1) is 17.4. The first-order chi connectivity index (χ1) is 12.9. The molecule has 1 N–H and O–H groups in total. The van der Waals surface area contributed by atoms with Crippen LogP contribution in [0.4, 0.5) is 4.79 Å². The van der Waals surface area contributed by atoms with Crippen LogP contribution in [0.1, 0.15) is 11.1 Å². The summed E-state index contributed by atoms with van der Waals surface area (Å²) >= 11 is 0. The highest BCUT2D eigenvalue weighted by Gasteiger charge is 2.62. The average molecular weight is 375 g/mol. The summed E-state index contributed by atoms with van der Waals surface area (Å²) in [6.45, 7) is 0.0820. The van der Waals surface area contributed by atoms with Crippen molar-refractivity contribution in [3.05, 3.63) is 17.2 Å². The zero-order valence-electron chi connectivity index (χ0n) is 15.6. The molecule has 144 valence electrons. The third kappa shape index (κ3) is 2.08. The van der Waals surface area contributed by atoms with E-state index >= 15 is 0 Å². The molecule has 0 bridgehead atoms. The fraction of sp³-hybridized carbons (Fsp3) is 0.500. The van der Waals surface area contributed by atoms with Crippen molar-refractivity contribution in [1.29, 1.82) is 0 Å². The SMILES string of the molecule is CNC(=O)[C@]12Cc3c(cc4c(c3OC)OCO4)C[C@@H]1N(C)C(=O)N(C)C2=O. The van der Waals surface area contributed by atoms with Crippen molar-refractivity contribution in [1.82, 2.24) is 15.1 Å². The molecular weight excluding hydrogens is 354 g/mol. The molecule has 1 aromatic rings. The first-order valence-electron chi connectivity index (χ1n) is 8.62. The fourth-order valence-corrected chi connectivity index (χ4v) is 4.47. The normalized spacial score (nSPS) is 25.9. The van der Waals surface area contributed by atoms with Crippen LogP contribution < -0.4 is 19.5 Å². The number of fused-ring (bicyclic) bond motifs is 3. The highest BCUT2D eigenvalue weighted by molar-refractivity contribution is 6.13. The Bertz CT molecular complexity index is 869. The molecule has 1 aromatic carbocycles. The number of ether oxygens (including phenoxy) is 3. The Balaban J connectivity index is 1.94. The van der Waals surface area contributed by atoms with E-state index in [1.54, 1.807) is 7.05 Å². The van der Waals surface area contributed by atoms with E-state index in [0.717, 1.165) is 16.0 Å². The van der Waals surface area contributed by atoms with Gasteiger partial charge in [0.15, 0.2) is 16.9 Å². The van der Waals surface area contributed by atoms with Crippen LogP contribution in [-0.4, -0.2) is 68.7 Å². The summed E-state index contributed by atoms with van der Waals surface area (Å²) < 4.78 is 16.6. The molecule has 1 fully saturated rings. The lowest BCUT2D eigenvalue weighted by Crippen LogP contribution is -2.71. The monoisotopic (exact) mass is 375 g/mol. The number of rotatable bonds is 2. The lowest BCUT2D eigenvalue weighted by Gasteiger charge is -2.51. The van der Waals surface area contributed by atoms with Crippen molar-refractivity contribution in [3.63, 3.8) is 0 Å². The number of amides is 4. The summed E-state index contributed by atoms with van der Waals surface area (Å²) in [5.74, 6) is 0.570. The summed E-state index contributed by atoms with van der Waals surface area (Å²) in [4.78, 5) is 41.2. The van der Waals surface area contributed by atoms with Crippen LogP contribution in [0.5, 0.6) is 17.2 Å². The number of hydrogen-bond donors (Lipinski definition) is 1. The summed E-state index contributed by atoms with van der Waals surface area (Å²) in [6, 6.07) is 0.807. The Morgan fingerprint density at radius 3 is 2.74 bits per heavy atom. The van der Waals surface area contributed by atoms with Gasteiger partial charge in [0, 0.05) is 33.1 Å². The lowest BCUT2D eigenvalue weighted by molar-refractivity contribution is -0.157. The molecule has 1 aliphatic carbocycles. The lowest BCUT2D eigenvalue weighted by atomic mass is 9.64. The maximum absolute atomic E-state index is 13.2. The van der Waals surface area contributed by atoms with Crippen LogP contribution in [0, 0.1) is 5.41 Å². The smallest absolute Gasteiger partial charge is 0.326 e. The van der Waals surface area contributed by atoms with Gasteiger partial charge in [-0.25, -0.2) is 4.79 Å². The molecule has 9 heteroatoms. The van der Waals surface area contributed by atoms with Crippen LogP contribution in [0.15, 0.2) is 6.07 Å². The Labute approximate surface area is 156 Å². The van der Waals surface area contributed by atoms with Crippen molar-refractivity contribution in [2.75, 3.05) is 35.0 Å². The predicted octanol–water partition coefficient (Wildman–Crippen LogP) is 0.147. The van der Waals surface area contributed by atoms with Gasteiger partial charge >= 0.3 is 6.03 Å². The van der Waals surface area contributed by atoms with E-state index in [2.05, 4.69) is 5.32 Å². The molecule has 3 aliphatic rings. The first-order valence-corrected chi connectivity index (χ1v) is 8.62.